The van der Waals surface area contributed by atoms with E-state index in [1.54, 1.807) is 18.9 Å². The summed E-state index contributed by atoms with van der Waals surface area (Å²) in [7, 11) is 1.67. The maximum atomic E-state index is 13.1. The monoisotopic (exact) mass is 457 g/mol. The van der Waals surface area contributed by atoms with Crippen molar-refractivity contribution in [3.05, 3.63) is 46.7 Å². The molecule has 180 valence electrons. The Balaban J connectivity index is 1.87. The standard InChI is InChI=1S/C24H35N5O4/c1-6-33-22(30)20-19(15-28-10-12-29(13-11-28)24(32)25-16(2)3)27(5)23(31)26-21(20)18-9-7-8-17(4)14-18/h7-9,14,16,21H,6,10-13,15H2,1-5H3,(H,25,32)(H,26,31). The van der Waals surface area contributed by atoms with Crippen LogP contribution in [0.5, 0.6) is 0 Å². The van der Waals surface area contributed by atoms with Crippen molar-refractivity contribution in [3.8, 4) is 0 Å². The van der Waals surface area contributed by atoms with Gasteiger partial charge in [-0.25, -0.2) is 14.4 Å². The molecule has 3 rings (SSSR count). The highest BCUT2D eigenvalue weighted by Gasteiger charge is 2.37. The molecule has 9 nitrogen and oxygen atoms in total. The average Bonchev–Trinajstić information content (AvgIpc) is 2.76. The zero-order valence-electron chi connectivity index (χ0n) is 20.2. The van der Waals surface area contributed by atoms with E-state index in [4.69, 9.17) is 4.74 Å². The second-order valence-electron chi connectivity index (χ2n) is 8.80. The minimum Gasteiger partial charge on any atom is -0.463 e. The fraction of sp³-hybridized carbons (Fsp3) is 0.542. The van der Waals surface area contributed by atoms with Gasteiger partial charge in [0.2, 0.25) is 0 Å². The van der Waals surface area contributed by atoms with Crippen LogP contribution in [0.2, 0.25) is 0 Å². The van der Waals surface area contributed by atoms with Gasteiger partial charge in [0.25, 0.3) is 0 Å². The van der Waals surface area contributed by atoms with Gasteiger partial charge in [0, 0.05) is 51.5 Å². The van der Waals surface area contributed by atoms with Crippen molar-refractivity contribution in [1.82, 2.24) is 25.3 Å². The molecule has 0 spiro atoms. The number of rotatable bonds is 6. The highest BCUT2D eigenvalue weighted by Crippen LogP contribution is 2.32. The molecule has 4 amide bonds. The van der Waals surface area contributed by atoms with Gasteiger partial charge in [-0.2, -0.15) is 0 Å². The molecule has 0 aromatic heterocycles. The summed E-state index contributed by atoms with van der Waals surface area (Å²) in [6.45, 7) is 10.7. The van der Waals surface area contributed by atoms with Crippen molar-refractivity contribution < 1.29 is 19.1 Å². The number of piperazine rings is 1. The van der Waals surface area contributed by atoms with Crippen LogP contribution in [-0.4, -0.2) is 85.2 Å². The van der Waals surface area contributed by atoms with Gasteiger partial charge in [-0.05, 0) is 33.3 Å². The van der Waals surface area contributed by atoms with Gasteiger partial charge >= 0.3 is 18.0 Å². The highest BCUT2D eigenvalue weighted by atomic mass is 16.5. The normalized spacial score (nSPS) is 19.6. The number of hydrogen-bond acceptors (Lipinski definition) is 5. The van der Waals surface area contributed by atoms with Crippen molar-refractivity contribution in [2.24, 2.45) is 0 Å². The van der Waals surface area contributed by atoms with Crippen LogP contribution in [0.3, 0.4) is 0 Å². The molecule has 2 aliphatic rings. The second-order valence-corrected chi connectivity index (χ2v) is 8.80. The first-order valence-electron chi connectivity index (χ1n) is 11.5. The van der Waals surface area contributed by atoms with Crippen molar-refractivity contribution in [3.63, 3.8) is 0 Å². The van der Waals surface area contributed by atoms with Crippen molar-refractivity contribution >= 4 is 18.0 Å². The van der Waals surface area contributed by atoms with Crippen LogP contribution < -0.4 is 10.6 Å². The molecule has 33 heavy (non-hydrogen) atoms. The molecule has 0 saturated carbocycles. The van der Waals surface area contributed by atoms with E-state index in [1.165, 1.54) is 4.90 Å². The molecule has 9 heteroatoms. The molecular weight excluding hydrogens is 422 g/mol. The molecular formula is C24H35N5O4. The number of nitrogens with zero attached hydrogens (tertiary/aromatic N) is 3. The maximum absolute atomic E-state index is 13.1. The maximum Gasteiger partial charge on any atom is 0.338 e. The minimum atomic E-state index is -0.583. The van der Waals surface area contributed by atoms with E-state index in [0.29, 0.717) is 44.0 Å². The van der Waals surface area contributed by atoms with Crippen molar-refractivity contribution in [1.29, 1.82) is 0 Å². The third-order valence-corrected chi connectivity index (χ3v) is 5.89. The lowest BCUT2D eigenvalue weighted by Crippen LogP contribution is -2.55. The number of likely N-dealkylation sites (N-methyl/N-ethyl adjacent to an activating group) is 1. The van der Waals surface area contributed by atoms with Crippen molar-refractivity contribution in [2.75, 3.05) is 46.4 Å². The molecule has 2 heterocycles. The van der Waals surface area contributed by atoms with E-state index < -0.39 is 12.0 Å². The van der Waals surface area contributed by atoms with E-state index in [-0.39, 0.29) is 24.7 Å². The highest BCUT2D eigenvalue weighted by molar-refractivity contribution is 5.95. The number of aryl methyl sites for hydroxylation is 1. The Morgan fingerprint density at radius 2 is 1.91 bits per heavy atom. The Hall–Kier alpha value is -3.07. The van der Waals surface area contributed by atoms with E-state index in [2.05, 4.69) is 15.5 Å². The Kier molecular flexibility index (Phi) is 7.97. The predicted octanol–water partition coefficient (Wildman–Crippen LogP) is 2.24. The summed E-state index contributed by atoms with van der Waals surface area (Å²) in [5, 5.41) is 5.88. The lowest BCUT2D eigenvalue weighted by atomic mass is 9.93. The lowest BCUT2D eigenvalue weighted by Gasteiger charge is -2.39. The van der Waals surface area contributed by atoms with E-state index >= 15 is 0 Å². The van der Waals surface area contributed by atoms with Crippen LogP contribution in [-0.2, 0) is 9.53 Å². The fourth-order valence-electron chi connectivity index (χ4n) is 4.16. The Morgan fingerprint density at radius 3 is 2.52 bits per heavy atom. The number of amides is 4. The molecule has 1 fully saturated rings. The van der Waals surface area contributed by atoms with Crippen LogP contribution >= 0.6 is 0 Å². The van der Waals surface area contributed by atoms with Crippen molar-refractivity contribution in [2.45, 2.75) is 39.8 Å². The smallest absolute Gasteiger partial charge is 0.338 e. The number of ether oxygens (including phenoxy) is 1. The lowest BCUT2D eigenvalue weighted by molar-refractivity contribution is -0.139. The summed E-state index contributed by atoms with van der Waals surface area (Å²) in [4.78, 5) is 43.7. The molecule has 2 aliphatic heterocycles. The molecule has 0 aliphatic carbocycles. The number of benzene rings is 1. The van der Waals surface area contributed by atoms with Crippen LogP contribution in [0.4, 0.5) is 9.59 Å². The van der Waals surface area contributed by atoms with Gasteiger partial charge in [-0.3, -0.25) is 9.80 Å². The van der Waals surface area contributed by atoms with Crippen LogP contribution in [0.25, 0.3) is 0 Å². The molecule has 1 atom stereocenters. The van der Waals surface area contributed by atoms with Crippen LogP contribution in [0.15, 0.2) is 35.5 Å². The molecule has 1 aromatic carbocycles. The molecule has 1 aromatic rings. The number of esters is 1. The Bertz CT molecular complexity index is 921. The first kappa shape index (κ1) is 24.6. The topological polar surface area (TPSA) is 94.2 Å². The molecule has 0 bridgehead atoms. The molecule has 1 unspecified atom stereocenters. The number of hydrogen-bond donors (Lipinski definition) is 2. The van der Waals surface area contributed by atoms with Gasteiger partial charge < -0.3 is 20.3 Å². The largest absolute Gasteiger partial charge is 0.463 e. The predicted molar refractivity (Wildman–Crippen MR) is 126 cm³/mol. The minimum absolute atomic E-state index is 0.0650. The van der Waals surface area contributed by atoms with E-state index in [0.717, 1.165) is 11.1 Å². The Labute approximate surface area is 195 Å². The number of carbonyl (C=O) groups excluding carboxylic acids is 3. The molecule has 2 N–H and O–H groups in total. The first-order valence-corrected chi connectivity index (χ1v) is 11.5. The number of nitrogens with one attached hydrogen (secondary N) is 2. The number of carbonyl (C=O) groups is 3. The van der Waals surface area contributed by atoms with Crippen LogP contribution in [0, 0.1) is 6.92 Å². The molecule has 1 saturated heterocycles. The quantitative estimate of drug-likeness (QED) is 0.639. The first-order chi connectivity index (χ1) is 15.7. The zero-order valence-corrected chi connectivity index (χ0v) is 20.2. The SMILES string of the molecule is CCOC(=O)C1=C(CN2CCN(C(=O)NC(C)C)CC2)N(C)C(=O)NC1c1cccc(C)c1. The summed E-state index contributed by atoms with van der Waals surface area (Å²) < 4.78 is 5.40. The fourth-order valence-corrected chi connectivity index (χ4v) is 4.16. The van der Waals surface area contributed by atoms with Gasteiger partial charge in [-0.15, -0.1) is 0 Å². The van der Waals surface area contributed by atoms with Crippen LogP contribution in [0.1, 0.15) is 37.9 Å². The zero-order chi connectivity index (χ0) is 24.1. The summed E-state index contributed by atoms with van der Waals surface area (Å²) >= 11 is 0. The van der Waals surface area contributed by atoms with Gasteiger partial charge in [-0.1, -0.05) is 29.8 Å². The second kappa shape index (κ2) is 10.7. The summed E-state index contributed by atoms with van der Waals surface area (Å²) in [6, 6.07) is 6.94. The summed E-state index contributed by atoms with van der Waals surface area (Å²) in [5.74, 6) is -0.430. The average molecular weight is 458 g/mol. The Morgan fingerprint density at radius 1 is 1.21 bits per heavy atom. The van der Waals surface area contributed by atoms with E-state index in [1.807, 2.05) is 45.0 Å². The third kappa shape index (κ3) is 5.84. The van der Waals surface area contributed by atoms with Gasteiger partial charge in [0.05, 0.1) is 18.2 Å². The van der Waals surface area contributed by atoms with Gasteiger partial charge in [0.1, 0.15) is 0 Å². The van der Waals surface area contributed by atoms with E-state index in [9.17, 15) is 14.4 Å². The third-order valence-electron chi connectivity index (χ3n) is 5.89. The summed E-state index contributed by atoms with van der Waals surface area (Å²) in [6.07, 6.45) is 0. The summed E-state index contributed by atoms with van der Waals surface area (Å²) in [5.41, 5.74) is 2.96. The molecule has 0 radical (unpaired) electrons. The number of urea groups is 2. The van der Waals surface area contributed by atoms with Gasteiger partial charge in [0.15, 0.2) is 0 Å².